The summed E-state index contributed by atoms with van der Waals surface area (Å²) in [6, 6.07) is 13.8. The highest BCUT2D eigenvalue weighted by Gasteiger charge is 2.11. The summed E-state index contributed by atoms with van der Waals surface area (Å²) in [5.41, 5.74) is 8.98. The molecule has 0 atom stereocenters. The Kier molecular flexibility index (Phi) is 4.44. The molecule has 0 radical (unpaired) electrons. The van der Waals surface area contributed by atoms with Crippen molar-refractivity contribution in [3.8, 4) is 11.3 Å². The van der Waals surface area contributed by atoms with Crippen molar-refractivity contribution in [1.29, 1.82) is 0 Å². The van der Waals surface area contributed by atoms with Crippen molar-refractivity contribution in [2.24, 2.45) is 5.73 Å². The first kappa shape index (κ1) is 17.6. The number of halogens is 1. The highest BCUT2D eigenvalue weighted by atomic mass is 19.1. The molecule has 1 amide bonds. The minimum absolute atomic E-state index is 0.443. The van der Waals surface area contributed by atoms with Crippen molar-refractivity contribution in [3.05, 3.63) is 78.0 Å². The van der Waals surface area contributed by atoms with Gasteiger partial charge in [0.25, 0.3) is 0 Å². The number of benzene rings is 1. The first-order chi connectivity index (χ1) is 13.5. The molecule has 4 rings (SSSR count). The molecule has 7 nitrogen and oxygen atoms in total. The third-order valence-electron chi connectivity index (χ3n) is 4.41. The van der Waals surface area contributed by atoms with E-state index in [4.69, 9.17) is 5.73 Å². The van der Waals surface area contributed by atoms with Crippen LogP contribution in [0.1, 0.15) is 15.9 Å². The van der Waals surface area contributed by atoms with E-state index in [0.717, 1.165) is 22.6 Å². The van der Waals surface area contributed by atoms with Gasteiger partial charge in [-0.05, 0) is 35.9 Å². The van der Waals surface area contributed by atoms with Gasteiger partial charge in [-0.2, -0.15) is 4.39 Å². The predicted octanol–water partition coefficient (Wildman–Crippen LogP) is 2.67. The number of aromatic nitrogens is 4. The van der Waals surface area contributed by atoms with E-state index in [2.05, 4.69) is 15.1 Å². The van der Waals surface area contributed by atoms with Gasteiger partial charge in [0.2, 0.25) is 11.9 Å². The van der Waals surface area contributed by atoms with Gasteiger partial charge < -0.3 is 10.6 Å². The number of nitrogens with zero attached hydrogens (tertiary/aromatic N) is 5. The second kappa shape index (κ2) is 7.07. The number of fused-ring (bicyclic) bond motifs is 1. The Morgan fingerprint density at radius 1 is 1.07 bits per heavy atom. The van der Waals surface area contributed by atoms with Gasteiger partial charge in [0, 0.05) is 30.9 Å². The number of primary amides is 1. The fourth-order valence-corrected chi connectivity index (χ4v) is 2.92. The average Bonchev–Trinajstić information content (AvgIpc) is 3.13. The fourth-order valence-electron chi connectivity index (χ4n) is 2.92. The minimum Gasteiger partial charge on any atom is -0.366 e. The number of hydrogen-bond acceptors (Lipinski definition) is 5. The number of imidazole rings is 1. The van der Waals surface area contributed by atoms with E-state index in [1.165, 1.54) is 12.3 Å². The van der Waals surface area contributed by atoms with E-state index in [0.29, 0.717) is 17.8 Å². The van der Waals surface area contributed by atoms with Gasteiger partial charge in [-0.15, -0.1) is 5.10 Å². The summed E-state index contributed by atoms with van der Waals surface area (Å²) in [6.07, 6.45) is 3.24. The van der Waals surface area contributed by atoms with Crippen LogP contribution < -0.4 is 10.6 Å². The van der Waals surface area contributed by atoms with Crippen LogP contribution >= 0.6 is 0 Å². The molecular formula is C20H17FN6O. The number of rotatable bonds is 5. The zero-order valence-corrected chi connectivity index (χ0v) is 15.1. The fraction of sp³-hybridized carbons (Fsp3) is 0.100. The molecule has 0 aliphatic rings. The normalized spacial score (nSPS) is 10.9. The van der Waals surface area contributed by atoms with Crippen molar-refractivity contribution in [2.75, 3.05) is 11.9 Å². The largest absolute Gasteiger partial charge is 0.366 e. The second-order valence-corrected chi connectivity index (χ2v) is 6.39. The maximum atomic E-state index is 13.0. The van der Waals surface area contributed by atoms with Crippen LogP contribution in [0.3, 0.4) is 0 Å². The summed E-state index contributed by atoms with van der Waals surface area (Å²) >= 11 is 0. The molecule has 3 aromatic heterocycles. The van der Waals surface area contributed by atoms with Crippen LogP contribution in [0.2, 0.25) is 0 Å². The molecule has 0 saturated carbocycles. The van der Waals surface area contributed by atoms with Gasteiger partial charge in [-0.25, -0.2) is 14.5 Å². The first-order valence-corrected chi connectivity index (χ1v) is 8.58. The molecule has 8 heteroatoms. The highest BCUT2D eigenvalue weighted by molar-refractivity contribution is 5.93. The maximum Gasteiger partial charge on any atom is 0.248 e. The lowest BCUT2D eigenvalue weighted by Crippen LogP contribution is -2.19. The minimum atomic E-state index is -0.503. The lowest BCUT2D eigenvalue weighted by atomic mass is 10.1. The monoisotopic (exact) mass is 376 g/mol. The zero-order valence-electron chi connectivity index (χ0n) is 15.1. The Hall–Kier alpha value is -3.81. The standard InChI is InChI=1S/C20H17FN6O/c1-26(12-13-2-7-17(21)23-10-13)19-9-8-18-24-11-16(27(18)25-19)14-3-5-15(6-4-14)20(22)28/h2-11H,12H2,1H3,(H2,22,28). The number of carbonyl (C=O) groups is 1. The Morgan fingerprint density at radius 2 is 1.86 bits per heavy atom. The predicted molar refractivity (Wildman–Crippen MR) is 103 cm³/mol. The summed E-state index contributed by atoms with van der Waals surface area (Å²) in [4.78, 5) is 21.3. The van der Waals surface area contributed by atoms with E-state index in [-0.39, 0.29) is 0 Å². The van der Waals surface area contributed by atoms with Crippen LogP contribution in [-0.2, 0) is 6.54 Å². The van der Waals surface area contributed by atoms with E-state index < -0.39 is 11.9 Å². The number of pyridine rings is 1. The van der Waals surface area contributed by atoms with Crippen molar-refractivity contribution in [2.45, 2.75) is 6.54 Å². The van der Waals surface area contributed by atoms with E-state index in [1.807, 2.05) is 36.2 Å². The quantitative estimate of drug-likeness (QED) is 0.541. The van der Waals surface area contributed by atoms with Gasteiger partial charge in [0.15, 0.2) is 5.65 Å². The Labute approximate surface area is 160 Å². The van der Waals surface area contributed by atoms with E-state index >= 15 is 0 Å². The Bertz CT molecular complexity index is 1140. The van der Waals surface area contributed by atoms with Crippen LogP contribution in [0.5, 0.6) is 0 Å². The van der Waals surface area contributed by atoms with Gasteiger partial charge in [0.1, 0.15) is 5.82 Å². The van der Waals surface area contributed by atoms with Crippen molar-refractivity contribution in [3.63, 3.8) is 0 Å². The number of hydrogen-bond donors (Lipinski definition) is 1. The van der Waals surface area contributed by atoms with E-state index in [9.17, 15) is 9.18 Å². The molecule has 0 bridgehead atoms. The highest BCUT2D eigenvalue weighted by Crippen LogP contribution is 2.22. The van der Waals surface area contributed by atoms with Gasteiger partial charge >= 0.3 is 0 Å². The van der Waals surface area contributed by atoms with Gasteiger partial charge in [-0.3, -0.25) is 4.79 Å². The second-order valence-electron chi connectivity index (χ2n) is 6.39. The van der Waals surface area contributed by atoms with Crippen LogP contribution in [0.25, 0.3) is 16.9 Å². The summed E-state index contributed by atoms with van der Waals surface area (Å²) < 4.78 is 14.7. The lowest BCUT2D eigenvalue weighted by Gasteiger charge is -2.18. The van der Waals surface area contributed by atoms with Crippen molar-refractivity contribution in [1.82, 2.24) is 19.6 Å². The average molecular weight is 376 g/mol. The zero-order chi connectivity index (χ0) is 19.7. The van der Waals surface area contributed by atoms with Crippen molar-refractivity contribution < 1.29 is 9.18 Å². The van der Waals surface area contributed by atoms with Gasteiger partial charge in [0.05, 0.1) is 11.9 Å². The molecular weight excluding hydrogens is 359 g/mol. The van der Waals surface area contributed by atoms with Crippen LogP contribution in [0, 0.1) is 5.95 Å². The molecule has 0 aliphatic carbocycles. The molecule has 0 fully saturated rings. The molecule has 2 N–H and O–H groups in total. The van der Waals surface area contributed by atoms with Crippen LogP contribution in [0.15, 0.2) is 60.9 Å². The molecule has 3 heterocycles. The maximum absolute atomic E-state index is 13.0. The lowest BCUT2D eigenvalue weighted by molar-refractivity contribution is 0.100. The summed E-state index contributed by atoms with van der Waals surface area (Å²) in [5.74, 6) is -0.247. The summed E-state index contributed by atoms with van der Waals surface area (Å²) in [5, 5.41) is 4.68. The van der Waals surface area contributed by atoms with Crippen LogP contribution in [-0.4, -0.2) is 32.5 Å². The number of amides is 1. The molecule has 1 aromatic carbocycles. The molecule has 0 aliphatic heterocycles. The molecule has 4 aromatic rings. The SMILES string of the molecule is CN(Cc1ccc(F)nc1)c1ccc2ncc(-c3ccc(C(N)=O)cc3)n2n1. The Morgan fingerprint density at radius 3 is 2.54 bits per heavy atom. The molecule has 28 heavy (non-hydrogen) atoms. The smallest absolute Gasteiger partial charge is 0.248 e. The molecule has 0 saturated heterocycles. The number of anilines is 1. The molecule has 140 valence electrons. The molecule has 0 unspecified atom stereocenters. The van der Waals surface area contributed by atoms with Gasteiger partial charge in [-0.1, -0.05) is 18.2 Å². The third kappa shape index (κ3) is 3.39. The number of carbonyl (C=O) groups excluding carboxylic acids is 1. The third-order valence-corrected chi connectivity index (χ3v) is 4.41. The van der Waals surface area contributed by atoms with E-state index in [1.54, 1.807) is 28.9 Å². The van der Waals surface area contributed by atoms with Crippen molar-refractivity contribution >= 4 is 17.4 Å². The Balaban J connectivity index is 1.65. The summed E-state index contributed by atoms with van der Waals surface area (Å²) in [7, 11) is 1.90. The topological polar surface area (TPSA) is 89.4 Å². The summed E-state index contributed by atoms with van der Waals surface area (Å²) in [6.45, 7) is 0.531. The van der Waals surface area contributed by atoms with Crippen LogP contribution in [0.4, 0.5) is 10.2 Å². The number of nitrogens with two attached hydrogens (primary N) is 1. The molecule has 0 spiro atoms. The first-order valence-electron chi connectivity index (χ1n) is 8.58.